The Balaban J connectivity index is 1.30. The van der Waals surface area contributed by atoms with Crippen molar-refractivity contribution in [3.8, 4) is 5.69 Å². The number of hydrogen-bond acceptors (Lipinski definition) is 5. The first-order valence-electron chi connectivity index (χ1n) is 9.81. The lowest BCUT2D eigenvalue weighted by molar-refractivity contribution is 0.174. The van der Waals surface area contributed by atoms with Crippen molar-refractivity contribution in [2.45, 2.75) is 19.8 Å². The Morgan fingerprint density at radius 1 is 0.966 bits per heavy atom. The van der Waals surface area contributed by atoms with Crippen molar-refractivity contribution >= 4 is 34.7 Å². The van der Waals surface area contributed by atoms with Crippen molar-refractivity contribution in [2.24, 2.45) is 5.41 Å². The van der Waals surface area contributed by atoms with Gasteiger partial charge in [-0.3, -0.25) is 4.98 Å². The van der Waals surface area contributed by atoms with Crippen LogP contribution in [-0.4, -0.2) is 46.2 Å². The SMILES string of the molecule is Cc1cc(N2CC3(CCCN(c4cnn(-c5cc(Cl)cc(Cl)c5)n4)C3)C2)ccn1. The minimum atomic E-state index is 0.318. The number of pyridine rings is 1. The standard InChI is InChI=1S/C21H22Cl2N6/c1-15-7-18(3-5-24-15)28-13-21(14-28)4-2-6-27(12-21)20-11-25-29(26-20)19-9-16(22)8-17(23)10-19/h3,5,7-11H,2,4,6,12-14H2,1H3. The van der Waals surface area contributed by atoms with Crippen molar-refractivity contribution in [1.82, 2.24) is 20.0 Å². The fraction of sp³-hybridized carbons (Fsp3) is 0.381. The lowest BCUT2D eigenvalue weighted by atomic mass is 9.73. The first-order chi connectivity index (χ1) is 14.0. The van der Waals surface area contributed by atoms with Crippen LogP contribution in [0.1, 0.15) is 18.5 Å². The Morgan fingerprint density at radius 2 is 1.72 bits per heavy atom. The molecule has 6 nitrogen and oxygen atoms in total. The zero-order valence-corrected chi connectivity index (χ0v) is 17.7. The second-order valence-corrected chi connectivity index (χ2v) is 9.03. The fourth-order valence-corrected chi connectivity index (χ4v) is 5.03. The van der Waals surface area contributed by atoms with Gasteiger partial charge in [-0.25, -0.2) is 0 Å². The van der Waals surface area contributed by atoms with Crippen LogP contribution >= 0.6 is 23.2 Å². The molecule has 0 atom stereocenters. The van der Waals surface area contributed by atoms with E-state index in [0.29, 0.717) is 15.5 Å². The van der Waals surface area contributed by atoms with E-state index in [9.17, 15) is 0 Å². The van der Waals surface area contributed by atoms with E-state index >= 15 is 0 Å². The quantitative estimate of drug-likeness (QED) is 0.619. The number of aromatic nitrogens is 4. The maximum Gasteiger partial charge on any atom is 0.171 e. The summed E-state index contributed by atoms with van der Waals surface area (Å²) in [7, 11) is 0. The van der Waals surface area contributed by atoms with Gasteiger partial charge in [-0.15, -0.1) is 9.90 Å². The van der Waals surface area contributed by atoms with Crippen LogP contribution in [-0.2, 0) is 0 Å². The third-order valence-electron chi connectivity index (χ3n) is 5.84. The molecule has 2 saturated heterocycles. The highest BCUT2D eigenvalue weighted by Gasteiger charge is 2.46. The normalized spacial score (nSPS) is 18.2. The van der Waals surface area contributed by atoms with E-state index in [4.69, 9.17) is 28.3 Å². The maximum absolute atomic E-state index is 6.12. The third kappa shape index (κ3) is 3.67. The molecule has 3 aromatic rings. The molecule has 0 radical (unpaired) electrons. The van der Waals surface area contributed by atoms with Gasteiger partial charge in [0.25, 0.3) is 0 Å². The monoisotopic (exact) mass is 428 g/mol. The first kappa shape index (κ1) is 18.7. The van der Waals surface area contributed by atoms with Crippen LogP contribution in [0.5, 0.6) is 0 Å². The summed E-state index contributed by atoms with van der Waals surface area (Å²) in [6.07, 6.45) is 6.14. The minimum Gasteiger partial charge on any atom is -0.370 e. The van der Waals surface area contributed by atoms with E-state index in [1.54, 1.807) is 10.9 Å². The van der Waals surface area contributed by atoms with Crippen LogP contribution in [0.25, 0.3) is 5.69 Å². The van der Waals surface area contributed by atoms with Gasteiger partial charge >= 0.3 is 0 Å². The van der Waals surface area contributed by atoms with Gasteiger partial charge in [-0.2, -0.15) is 5.10 Å². The average molecular weight is 429 g/mol. The summed E-state index contributed by atoms with van der Waals surface area (Å²) in [6, 6.07) is 9.60. The number of piperidine rings is 1. The molecule has 1 aromatic carbocycles. The number of nitrogens with zero attached hydrogens (tertiary/aromatic N) is 6. The molecule has 2 aliphatic rings. The second kappa shape index (κ2) is 7.18. The lowest BCUT2D eigenvalue weighted by Crippen LogP contribution is -2.63. The van der Waals surface area contributed by atoms with Crippen LogP contribution in [0.4, 0.5) is 11.5 Å². The van der Waals surface area contributed by atoms with Gasteiger partial charge in [0.15, 0.2) is 5.82 Å². The maximum atomic E-state index is 6.12. The summed E-state index contributed by atoms with van der Waals surface area (Å²) in [5, 5.41) is 10.3. The van der Waals surface area contributed by atoms with Crippen LogP contribution in [0.15, 0.2) is 42.7 Å². The Kier molecular flexibility index (Phi) is 4.63. The van der Waals surface area contributed by atoms with E-state index in [0.717, 1.165) is 43.4 Å². The minimum absolute atomic E-state index is 0.318. The highest BCUT2D eigenvalue weighted by atomic mass is 35.5. The summed E-state index contributed by atoms with van der Waals surface area (Å²) < 4.78 is 0. The predicted octanol–water partition coefficient (Wildman–Crippen LogP) is 4.38. The molecule has 0 bridgehead atoms. The van der Waals surface area contributed by atoms with Crippen molar-refractivity contribution < 1.29 is 0 Å². The van der Waals surface area contributed by atoms with E-state index < -0.39 is 0 Å². The van der Waals surface area contributed by atoms with Gasteiger partial charge in [0.2, 0.25) is 0 Å². The number of anilines is 2. The van der Waals surface area contributed by atoms with Crippen molar-refractivity contribution in [3.05, 3.63) is 58.5 Å². The number of aryl methyl sites for hydroxylation is 1. The van der Waals surface area contributed by atoms with Gasteiger partial charge in [-0.05, 0) is 50.1 Å². The predicted molar refractivity (Wildman–Crippen MR) is 116 cm³/mol. The van der Waals surface area contributed by atoms with Crippen LogP contribution in [0.3, 0.4) is 0 Å². The van der Waals surface area contributed by atoms with Gasteiger partial charge in [-0.1, -0.05) is 23.2 Å². The summed E-state index contributed by atoms with van der Waals surface area (Å²) in [4.78, 5) is 10.7. The Bertz CT molecular complexity index is 1020. The molecule has 0 aliphatic carbocycles. The van der Waals surface area contributed by atoms with Gasteiger partial charge < -0.3 is 9.80 Å². The van der Waals surface area contributed by atoms with E-state index in [1.165, 1.54) is 18.5 Å². The zero-order valence-electron chi connectivity index (χ0n) is 16.2. The van der Waals surface area contributed by atoms with Gasteiger partial charge in [0.05, 0.1) is 11.9 Å². The molecule has 2 aromatic heterocycles. The molecule has 1 spiro atoms. The Hall–Kier alpha value is -2.31. The number of halogens is 2. The summed E-state index contributed by atoms with van der Waals surface area (Å²) >= 11 is 12.2. The van der Waals surface area contributed by atoms with E-state index in [1.807, 2.05) is 31.5 Å². The molecular formula is C21H22Cl2N6. The molecule has 8 heteroatoms. The van der Waals surface area contributed by atoms with Crippen molar-refractivity contribution in [3.63, 3.8) is 0 Å². The highest BCUT2D eigenvalue weighted by molar-refractivity contribution is 6.34. The molecular weight excluding hydrogens is 407 g/mol. The van der Waals surface area contributed by atoms with Gasteiger partial charge in [0, 0.05) is 59.2 Å². The molecule has 150 valence electrons. The average Bonchev–Trinajstić information content (AvgIpc) is 3.16. The molecule has 29 heavy (non-hydrogen) atoms. The molecule has 0 saturated carbocycles. The molecule has 4 heterocycles. The lowest BCUT2D eigenvalue weighted by Gasteiger charge is -2.55. The zero-order chi connectivity index (χ0) is 20.0. The number of benzene rings is 1. The third-order valence-corrected chi connectivity index (χ3v) is 6.28. The number of hydrogen-bond donors (Lipinski definition) is 0. The Labute approximate surface area is 180 Å². The van der Waals surface area contributed by atoms with E-state index in [-0.39, 0.29) is 0 Å². The molecule has 2 fully saturated rings. The summed E-state index contributed by atoms with van der Waals surface area (Å²) in [5.41, 5.74) is 3.41. The van der Waals surface area contributed by atoms with Crippen LogP contribution in [0, 0.1) is 12.3 Å². The second-order valence-electron chi connectivity index (χ2n) is 8.16. The molecule has 2 aliphatic heterocycles. The molecule has 0 N–H and O–H groups in total. The fourth-order valence-electron chi connectivity index (χ4n) is 4.51. The van der Waals surface area contributed by atoms with Crippen LogP contribution in [0.2, 0.25) is 10.0 Å². The van der Waals surface area contributed by atoms with Crippen molar-refractivity contribution in [1.29, 1.82) is 0 Å². The molecule has 0 amide bonds. The Morgan fingerprint density at radius 3 is 2.48 bits per heavy atom. The molecule has 0 unspecified atom stereocenters. The highest BCUT2D eigenvalue weighted by Crippen LogP contribution is 2.42. The number of rotatable bonds is 3. The first-order valence-corrected chi connectivity index (χ1v) is 10.6. The van der Waals surface area contributed by atoms with Crippen LogP contribution < -0.4 is 9.80 Å². The largest absolute Gasteiger partial charge is 0.370 e. The topological polar surface area (TPSA) is 50.1 Å². The van der Waals surface area contributed by atoms with Crippen molar-refractivity contribution in [2.75, 3.05) is 36.0 Å². The molecule has 5 rings (SSSR count). The van der Waals surface area contributed by atoms with Gasteiger partial charge in [0.1, 0.15) is 0 Å². The summed E-state index contributed by atoms with van der Waals surface area (Å²) in [5.74, 6) is 0.901. The summed E-state index contributed by atoms with van der Waals surface area (Å²) in [6.45, 7) is 6.20. The van der Waals surface area contributed by atoms with E-state index in [2.05, 4.69) is 32.0 Å². The smallest absolute Gasteiger partial charge is 0.171 e.